The Labute approximate surface area is 264 Å². The normalized spacial score (nSPS) is 15.4. The number of anilines is 2. The minimum absolute atomic E-state index is 0.0711. The van der Waals surface area contributed by atoms with Crippen LogP contribution in [-0.4, -0.2) is 52.3 Å². The molecule has 2 amide bonds. The lowest BCUT2D eigenvalue weighted by atomic mass is 10.1. The lowest BCUT2D eigenvalue weighted by Gasteiger charge is -2.23. The Morgan fingerprint density at radius 1 is 0.978 bits per heavy atom. The molecule has 1 N–H and O–H groups in total. The average Bonchev–Trinajstić information content (AvgIpc) is 3.53. The van der Waals surface area contributed by atoms with Crippen molar-refractivity contribution in [1.82, 2.24) is 9.97 Å². The van der Waals surface area contributed by atoms with Gasteiger partial charge in [-0.1, -0.05) is 35.6 Å². The summed E-state index contributed by atoms with van der Waals surface area (Å²) in [7, 11) is 0. The van der Waals surface area contributed by atoms with Crippen LogP contribution in [-0.2, 0) is 32.0 Å². The second kappa shape index (κ2) is 13.0. The summed E-state index contributed by atoms with van der Waals surface area (Å²) in [6.07, 6.45) is -0.704. The maximum absolute atomic E-state index is 13.7. The fourth-order valence-electron chi connectivity index (χ4n) is 4.59. The van der Waals surface area contributed by atoms with Gasteiger partial charge in [-0.25, -0.2) is 19.2 Å². The van der Waals surface area contributed by atoms with Gasteiger partial charge in [0.2, 0.25) is 0 Å². The second-order valence-electron chi connectivity index (χ2n) is 9.99. The van der Waals surface area contributed by atoms with Crippen molar-refractivity contribution in [2.24, 2.45) is 0 Å². The van der Waals surface area contributed by atoms with Gasteiger partial charge in [0.1, 0.15) is 15.7 Å². The van der Waals surface area contributed by atoms with Gasteiger partial charge in [-0.3, -0.25) is 19.7 Å². The number of carbonyl (C=O) groups is 4. The lowest BCUT2D eigenvalue weighted by Crippen LogP contribution is -2.36. The van der Waals surface area contributed by atoms with Crippen LogP contribution in [0.25, 0.3) is 10.2 Å². The van der Waals surface area contributed by atoms with Gasteiger partial charge in [0.15, 0.2) is 23.1 Å². The molecule has 0 bridgehead atoms. The summed E-state index contributed by atoms with van der Waals surface area (Å²) >= 11 is 2.41. The van der Waals surface area contributed by atoms with Crippen molar-refractivity contribution in [1.29, 1.82) is 0 Å². The molecule has 0 aliphatic carbocycles. The quantitative estimate of drug-likeness (QED) is 0.114. The molecular weight excluding hydrogens is 620 g/mol. The fourth-order valence-corrected chi connectivity index (χ4v) is 6.27. The maximum Gasteiger partial charge on any atom is 0.350 e. The molecule has 5 aromatic rings. The van der Waals surface area contributed by atoms with E-state index in [1.165, 1.54) is 34.6 Å². The molecule has 1 saturated heterocycles. The van der Waals surface area contributed by atoms with E-state index in [9.17, 15) is 23.6 Å². The Hall–Kier alpha value is -4.85. The highest BCUT2D eigenvalue weighted by atomic mass is 32.1. The zero-order chi connectivity index (χ0) is 31.5. The molecule has 2 atom stereocenters. The molecule has 0 unspecified atom stereocenters. The number of aromatic nitrogens is 2. The Balaban J connectivity index is 1.15. The number of epoxide rings is 1. The van der Waals surface area contributed by atoms with E-state index in [0.29, 0.717) is 21.8 Å². The van der Waals surface area contributed by atoms with E-state index >= 15 is 0 Å². The maximum atomic E-state index is 13.7. The standard InChI is InChI=1S/C32H25FN4O6S2/c1-2-42-31(41)25-16-34-32(45-25)36-29(39)27-28(43-27)30(40)37(17-18-7-11-20(33)12-8-18)21-13-9-19(10-14-21)23(38)15-26-35-22-5-3-4-6-24(22)44-26/h3-14,16,27-28H,2,15,17H2,1H3,(H,34,36,39)/t27-,28-/m0/s1. The molecular formula is C32H25FN4O6S2. The summed E-state index contributed by atoms with van der Waals surface area (Å²) in [5.41, 5.74) is 2.42. The fraction of sp³-hybridized carbons (Fsp3) is 0.188. The predicted molar refractivity (Wildman–Crippen MR) is 167 cm³/mol. The molecule has 2 aromatic heterocycles. The molecule has 45 heavy (non-hydrogen) atoms. The Morgan fingerprint density at radius 3 is 2.47 bits per heavy atom. The number of thiazole rings is 2. The van der Waals surface area contributed by atoms with Gasteiger partial charge in [-0.15, -0.1) is 11.3 Å². The number of fused-ring (bicyclic) bond motifs is 1. The van der Waals surface area contributed by atoms with Crippen molar-refractivity contribution in [3.8, 4) is 0 Å². The lowest BCUT2D eigenvalue weighted by molar-refractivity contribution is -0.120. The monoisotopic (exact) mass is 644 g/mol. The Morgan fingerprint density at radius 2 is 1.73 bits per heavy atom. The molecule has 0 radical (unpaired) electrons. The summed E-state index contributed by atoms with van der Waals surface area (Å²) in [6, 6.07) is 20.0. The average molecular weight is 645 g/mol. The van der Waals surface area contributed by atoms with Crippen LogP contribution in [0.3, 0.4) is 0 Å². The van der Waals surface area contributed by atoms with Crippen LogP contribution in [0.1, 0.15) is 37.5 Å². The third-order valence-electron chi connectivity index (χ3n) is 6.88. The number of halogens is 1. The van der Waals surface area contributed by atoms with Gasteiger partial charge in [-0.05, 0) is 61.0 Å². The molecule has 1 aliphatic heterocycles. The minimum atomic E-state index is -1.07. The number of para-hydroxylation sites is 1. The highest BCUT2D eigenvalue weighted by Gasteiger charge is 2.52. The third-order valence-corrected chi connectivity index (χ3v) is 8.81. The Bertz CT molecular complexity index is 1860. The molecule has 1 aliphatic rings. The molecule has 3 aromatic carbocycles. The number of hydrogen-bond acceptors (Lipinski definition) is 10. The van der Waals surface area contributed by atoms with Gasteiger partial charge in [0.25, 0.3) is 11.8 Å². The number of nitrogens with zero attached hydrogens (tertiary/aromatic N) is 3. The summed E-state index contributed by atoms with van der Waals surface area (Å²) in [5.74, 6) is -2.15. The third kappa shape index (κ3) is 6.95. The van der Waals surface area contributed by atoms with E-state index in [4.69, 9.17) is 9.47 Å². The van der Waals surface area contributed by atoms with Gasteiger partial charge in [0, 0.05) is 11.3 Å². The van der Waals surface area contributed by atoms with Crippen LogP contribution in [0.4, 0.5) is 15.2 Å². The molecule has 0 saturated carbocycles. The zero-order valence-electron chi connectivity index (χ0n) is 23.8. The summed E-state index contributed by atoms with van der Waals surface area (Å²) in [5, 5.41) is 3.45. The van der Waals surface area contributed by atoms with Crippen molar-refractivity contribution in [2.45, 2.75) is 32.1 Å². The molecule has 1 fully saturated rings. The van der Waals surface area contributed by atoms with E-state index in [-0.39, 0.29) is 35.4 Å². The minimum Gasteiger partial charge on any atom is -0.462 e. The molecule has 3 heterocycles. The number of esters is 1. The topological polar surface area (TPSA) is 131 Å². The van der Waals surface area contributed by atoms with Crippen LogP contribution in [0.15, 0.2) is 79.0 Å². The first kappa shape index (κ1) is 30.2. The van der Waals surface area contributed by atoms with Crippen LogP contribution in [0.5, 0.6) is 0 Å². The van der Waals surface area contributed by atoms with E-state index < -0.39 is 35.8 Å². The number of nitrogens with one attached hydrogen (secondary N) is 1. The van der Waals surface area contributed by atoms with Gasteiger partial charge < -0.3 is 14.4 Å². The molecule has 228 valence electrons. The van der Waals surface area contributed by atoms with Crippen LogP contribution >= 0.6 is 22.7 Å². The number of amides is 2. The summed E-state index contributed by atoms with van der Waals surface area (Å²) < 4.78 is 25.0. The Kier molecular flexibility index (Phi) is 8.74. The van der Waals surface area contributed by atoms with Crippen LogP contribution in [0.2, 0.25) is 0 Å². The van der Waals surface area contributed by atoms with Crippen molar-refractivity contribution < 1.29 is 33.0 Å². The van der Waals surface area contributed by atoms with E-state index in [2.05, 4.69) is 15.3 Å². The largest absolute Gasteiger partial charge is 0.462 e. The second-order valence-corrected chi connectivity index (χ2v) is 12.1. The highest BCUT2D eigenvalue weighted by Crippen LogP contribution is 2.31. The highest BCUT2D eigenvalue weighted by molar-refractivity contribution is 7.18. The van der Waals surface area contributed by atoms with Crippen molar-refractivity contribution in [2.75, 3.05) is 16.8 Å². The van der Waals surface area contributed by atoms with Gasteiger partial charge in [-0.2, -0.15) is 0 Å². The SMILES string of the molecule is CCOC(=O)c1cnc(NC(=O)[C@H]2O[C@@H]2C(=O)N(Cc2ccc(F)cc2)c2ccc(C(=O)Cc3nc4ccccc4s3)cc2)s1. The van der Waals surface area contributed by atoms with Gasteiger partial charge in [0.05, 0.1) is 36.0 Å². The summed E-state index contributed by atoms with van der Waals surface area (Å²) in [6.45, 7) is 1.96. The number of Topliss-reactive ketones (excluding diaryl/α,β-unsaturated/α-hetero) is 1. The number of benzene rings is 3. The molecule has 6 rings (SSSR count). The van der Waals surface area contributed by atoms with Crippen LogP contribution in [0, 0.1) is 5.82 Å². The van der Waals surface area contributed by atoms with Crippen LogP contribution < -0.4 is 10.2 Å². The first-order valence-electron chi connectivity index (χ1n) is 13.9. The molecule has 13 heteroatoms. The number of rotatable bonds is 11. The molecule has 0 spiro atoms. The zero-order valence-corrected chi connectivity index (χ0v) is 25.4. The number of ether oxygens (including phenoxy) is 2. The van der Waals surface area contributed by atoms with E-state index in [0.717, 1.165) is 21.6 Å². The van der Waals surface area contributed by atoms with Crippen molar-refractivity contribution >= 4 is 67.3 Å². The number of ketones is 1. The summed E-state index contributed by atoms with van der Waals surface area (Å²) in [4.78, 5) is 61.6. The predicted octanol–water partition coefficient (Wildman–Crippen LogP) is 5.43. The van der Waals surface area contributed by atoms with Crippen molar-refractivity contribution in [3.63, 3.8) is 0 Å². The molecule has 10 nitrogen and oxygen atoms in total. The van der Waals surface area contributed by atoms with Gasteiger partial charge >= 0.3 is 5.97 Å². The van der Waals surface area contributed by atoms with Crippen molar-refractivity contribution in [3.05, 3.63) is 106 Å². The van der Waals surface area contributed by atoms with E-state index in [1.54, 1.807) is 43.3 Å². The first-order valence-corrected chi connectivity index (χ1v) is 15.5. The first-order chi connectivity index (χ1) is 21.8. The smallest absolute Gasteiger partial charge is 0.350 e. The number of carbonyl (C=O) groups excluding carboxylic acids is 4. The van der Waals surface area contributed by atoms with E-state index in [1.807, 2.05) is 24.3 Å². The number of hydrogen-bond donors (Lipinski definition) is 1.